The van der Waals surface area contributed by atoms with Gasteiger partial charge in [0.15, 0.2) is 0 Å². The smallest absolute Gasteiger partial charge is 0.298 e. The van der Waals surface area contributed by atoms with Gasteiger partial charge >= 0.3 is 17.5 Å². The van der Waals surface area contributed by atoms with Gasteiger partial charge in [0.05, 0.1) is 5.54 Å². The summed E-state index contributed by atoms with van der Waals surface area (Å²) in [6.07, 6.45) is -8.75. The van der Waals surface area contributed by atoms with Crippen LogP contribution in [0.5, 0.6) is 0 Å². The number of allylic oxidation sites excluding steroid dienone is 1. The summed E-state index contributed by atoms with van der Waals surface area (Å²) >= 11 is -0.904. The van der Waals surface area contributed by atoms with Crippen molar-refractivity contribution in [1.29, 1.82) is 0 Å². The van der Waals surface area contributed by atoms with Crippen molar-refractivity contribution in [2.24, 2.45) is 0 Å². The van der Waals surface area contributed by atoms with Gasteiger partial charge in [-0.15, -0.1) is 0 Å². The molecule has 2 N–H and O–H groups in total. The molecule has 1 unspecified atom stereocenters. The standard InChI is InChI=1S/C16H17F6N3O3S2/c1-9-8-14(2,3)25(23-9)13(26)24-30(27,28)11-7-5-4-6-10(11)29-16(21,22)12(17)15(18,19)20/h4-8,12,23H,1-3H3,(H,24,26). The number of hydrazine groups is 1. The van der Waals surface area contributed by atoms with Gasteiger partial charge in [0.2, 0.25) is 0 Å². The van der Waals surface area contributed by atoms with Crippen molar-refractivity contribution in [3.8, 4) is 0 Å². The van der Waals surface area contributed by atoms with Crippen LogP contribution in [0.4, 0.5) is 31.1 Å². The Morgan fingerprint density at radius 1 is 1.20 bits per heavy atom. The molecular weight excluding hydrogens is 460 g/mol. The van der Waals surface area contributed by atoms with Gasteiger partial charge in [-0.25, -0.2) is 27.3 Å². The molecule has 30 heavy (non-hydrogen) atoms. The molecule has 1 atom stereocenters. The van der Waals surface area contributed by atoms with Crippen LogP contribution in [0.25, 0.3) is 0 Å². The average Bonchev–Trinajstić information content (AvgIpc) is 2.85. The molecule has 0 fully saturated rings. The predicted molar refractivity (Wildman–Crippen MR) is 96.7 cm³/mol. The SMILES string of the molecule is CC1=CC(C)(C)N(C(=O)NS(=O)(=O)c2ccccc2SC(F)(F)C(F)C(F)(F)F)N1. The number of hydrogen-bond acceptors (Lipinski definition) is 5. The molecule has 0 bridgehead atoms. The summed E-state index contributed by atoms with van der Waals surface area (Å²) in [5, 5.41) is -4.07. The highest BCUT2D eigenvalue weighted by Crippen LogP contribution is 2.46. The topological polar surface area (TPSA) is 78.5 Å². The van der Waals surface area contributed by atoms with E-state index < -0.39 is 60.7 Å². The van der Waals surface area contributed by atoms with E-state index in [4.69, 9.17) is 0 Å². The van der Waals surface area contributed by atoms with Crippen molar-refractivity contribution in [3.05, 3.63) is 36.0 Å². The summed E-state index contributed by atoms with van der Waals surface area (Å²) in [5.74, 6) is 0. The Kier molecular flexibility index (Phi) is 6.34. The van der Waals surface area contributed by atoms with Crippen LogP contribution in [0.1, 0.15) is 20.8 Å². The molecule has 1 heterocycles. The summed E-state index contributed by atoms with van der Waals surface area (Å²) in [6.45, 7) is 4.79. The van der Waals surface area contributed by atoms with Gasteiger partial charge < -0.3 is 0 Å². The van der Waals surface area contributed by atoms with Gasteiger partial charge in [-0.05, 0) is 50.7 Å². The molecule has 1 aromatic carbocycles. The molecule has 1 aliphatic heterocycles. The highest BCUT2D eigenvalue weighted by atomic mass is 32.2. The zero-order valence-corrected chi connectivity index (χ0v) is 17.4. The molecule has 14 heteroatoms. The lowest BCUT2D eigenvalue weighted by atomic mass is 10.1. The second-order valence-corrected chi connectivity index (χ2v) is 9.69. The number of carbonyl (C=O) groups is 1. The monoisotopic (exact) mass is 477 g/mol. The fraction of sp³-hybridized carbons (Fsp3) is 0.438. The second kappa shape index (κ2) is 7.87. The minimum absolute atomic E-state index is 0.546. The second-order valence-electron chi connectivity index (χ2n) is 6.85. The van der Waals surface area contributed by atoms with Gasteiger partial charge in [0.25, 0.3) is 16.2 Å². The molecule has 0 radical (unpaired) electrons. The maximum absolute atomic E-state index is 13.8. The Bertz CT molecular complexity index is 963. The Labute approximate surface area is 172 Å². The number of nitrogens with zero attached hydrogens (tertiary/aromatic N) is 1. The molecule has 2 rings (SSSR count). The fourth-order valence-electron chi connectivity index (χ4n) is 2.62. The number of sulfonamides is 1. The Morgan fingerprint density at radius 2 is 1.77 bits per heavy atom. The highest BCUT2D eigenvalue weighted by Gasteiger charge is 2.57. The molecule has 0 saturated heterocycles. The number of hydrogen-bond donors (Lipinski definition) is 2. The van der Waals surface area contributed by atoms with Crippen molar-refractivity contribution in [2.75, 3.05) is 0 Å². The summed E-state index contributed by atoms with van der Waals surface area (Å²) in [6, 6.07) is 2.63. The minimum atomic E-state index is -5.85. The Balaban J connectivity index is 2.31. The molecule has 6 nitrogen and oxygen atoms in total. The number of carbonyl (C=O) groups excluding carboxylic acids is 1. The zero-order valence-electron chi connectivity index (χ0n) is 15.7. The van der Waals surface area contributed by atoms with E-state index in [0.717, 1.165) is 29.3 Å². The largest absolute Gasteiger partial charge is 0.426 e. The number of thioether (sulfide) groups is 1. The minimum Gasteiger partial charge on any atom is -0.298 e. The van der Waals surface area contributed by atoms with E-state index in [2.05, 4.69) is 5.43 Å². The van der Waals surface area contributed by atoms with Gasteiger partial charge in [-0.3, -0.25) is 5.43 Å². The summed E-state index contributed by atoms with van der Waals surface area (Å²) < 4.78 is 105. The zero-order chi connectivity index (χ0) is 23.1. The van der Waals surface area contributed by atoms with E-state index in [-0.39, 0.29) is 0 Å². The van der Waals surface area contributed by atoms with Crippen LogP contribution in [0.2, 0.25) is 0 Å². The van der Waals surface area contributed by atoms with Crippen molar-refractivity contribution in [3.63, 3.8) is 0 Å². The number of urea groups is 1. The number of halogens is 6. The fourth-order valence-corrected chi connectivity index (χ4v) is 4.94. The number of amides is 2. The van der Waals surface area contributed by atoms with Crippen LogP contribution < -0.4 is 10.1 Å². The summed E-state index contributed by atoms with van der Waals surface area (Å²) in [4.78, 5) is 10.6. The molecule has 168 valence electrons. The first-order chi connectivity index (χ1) is 13.5. The van der Waals surface area contributed by atoms with E-state index in [1.54, 1.807) is 31.6 Å². The van der Waals surface area contributed by atoms with Crippen LogP contribution in [0, 0.1) is 0 Å². The predicted octanol–water partition coefficient (Wildman–Crippen LogP) is 4.17. The van der Waals surface area contributed by atoms with Crippen LogP contribution in [0.3, 0.4) is 0 Å². The van der Waals surface area contributed by atoms with E-state index in [9.17, 15) is 39.6 Å². The normalized spacial score (nSPS) is 17.9. The van der Waals surface area contributed by atoms with Gasteiger partial charge in [0.1, 0.15) is 4.90 Å². The van der Waals surface area contributed by atoms with Crippen LogP contribution in [0.15, 0.2) is 45.8 Å². The van der Waals surface area contributed by atoms with Crippen molar-refractivity contribution in [2.45, 2.75) is 53.7 Å². The van der Waals surface area contributed by atoms with Crippen LogP contribution in [-0.2, 0) is 10.0 Å². The number of rotatable bonds is 5. The average molecular weight is 477 g/mol. The molecular formula is C16H17F6N3O3S2. The lowest BCUT2D eigenvalue weighted by molar-refractivity contribution is -0.219. The van der Waals surface area contributed by atoms with Crippen molar-refractivity contribution < 1.29 is 39.6 Å². The van der Waals surface area contributed by atoms with Crippen molar-refractivity contribution in [1.82, 2.24) is 15.2 Å². The van der Waals surface area contributed by atoms with E-state index in [1.165, 1.54) is 0 Å². The molecule has 1 aliphatic rings. The first-order valence-electron chi connectivity index (χ1n) is 8.17. The molecule has 0 aromatic heterocycles. The molecule has 0 aliphatic carbocycles. The van der Waals surface area contributed by atoms with E-state index in [1.807, 2.05) is 0 Å². The Hall–Kier alpha value is -2.09. The van der Waals surface area contributed by atoms with Gasteiger partial charge in [-0.2, -0.15) is 22.0 Å². The number of alkyl halides is 6. The first kappa shape index (κ1) is 24.2. The quantitative estimate of drug-likeness (QED) is 0.492. The highest BCUT2D eigenvalue weighted by molar-refractivity contribution is 8.01. The molecule has 1 aromatic rings. The van der Waals surface area contributed by atoms with Gasteiger partial charge in [-0.1, -0.05) is 12.1 Å². The van der Waals surface area contributed by atoms with Gasteiger partial charge in [0, 0.05) is 10.6 Å². The lowest BCUT2D eigenvalue weighted by Gasteiger charge is -2.30. The number of nitrogens with one attached hydrogen (secondary N) is 2. The van der Waals surface area contributed by atoms with Crippen LogP contribution in [-0.4, -0.2) is 42.6 Å². The maximum atomic E-state index is 13.8. The summed E-state index contributed by atoms with van der Waals surface area (Å²) in [7, 11) is -4.79. The Morgan fingerprint density at radius 3 is 2.27 bits per heavy atom. The maximum Gasteiger partial charge on any atom is 0.426 e. The lowest BCUT2D eigenvalue weighted by Crippen LogP contribution is -2.54. The molecule has 0 spiro atoms. The van der Waals surface area contributed by atoms with E-state index >= 15 is 0 Å². The van der Waals surface area contributed by atoms with Crippen LogP contribution >= 0.6 is 11.8 Å². The summed E-state index contributed by atoms with van der Waals surface area (Å²) in [5.41, 5.74) is 2.23. The van der Waals surface area contributed by atoms with E-state index in [0.29, 0.717) is 5.70 Å². The molecule has 0 saturated carbocycles. The molecule has 2 amide bonds. The third-order valence-corrected chi connectivity index (χ3v) is 6.39. The number of benzene rings is 1. The first-order valence-corrected chi connectivity index (χ1v) is 10.5. The third kappa shape index (κ3) is 5.14. The third-order valence-electron chi connectivity index (χ3n) is 3.83. The van der Waals surface area contributed by atoms with Crippen molar-refractivity contribution >= 4 is 27.8 Å².